The van der Waals surface area contributed by atoms with E-state index >= 15 is 0 Å². The Balaban J connectivity index is 2.63. The van der Waals surface area contributed by atoms with Crippen LogP contribution in [0.1, 0.15) is 31.9 Å². The van der Waals surface area contributed by atoms with Gasteiger partial charge in [-0.1, -0.05) is 18.2 Å². The van der Waals surface area contributed by atoms with E-state index in [1.165, 1.54) is 0 Å². The van der Waals surface area contributed by atoms with Crippen LogP contribution in [0, 0.1) is 13.8 Å². The van der Waals surface area contributed by atoms with E-state index in [1.54, 1.807) is 0 Å². The van der Waals surface area contributed by atoms with Crippen molar-refractivity contribution in [1.29, 1.82) is 0 Å². The molecule has 0 heterocycles. The Kier molecular flexibility index (Phi) is 4.29. The summed E-state index contributed by atoms with van der Waals surface area (Å²) in [5, 5.41) is 6.12. The minimum Gasteiger partial charge on any atom is -0.324 e. The lowest BCUT2D eigenvalue weighted by Crippen LogP contribution is -2.41. The third-order valence-electron chi connectivity index (χ3n) is 2.52. The summed E-state index contributed by atoms with van der Waals surface area (Å²) in [6, 6.07) is 5.99. The van der Waals surface area contributed by atoms with Crippen molar-refractivity contribution in [2.75, 3.05) is 11.9 Å². The van der Waals surface area contributed by atoms with Crippen molar-refractivity contribution < 1.29 is 4.79 Å². The van der Waals surface area contributed by atoms with Gasteiger partial charge in [-0.15, -0.1) is 0 Å². The van der Waals surface area contributed by atoms with Gasteiger partial charge in [-0.25, -0.2) is 0 Å². The van der Waals surface area contributed by atoms with E-state index in [4.69, 9.17) is 0 Å². The quantitative estimate of drug-likeness (QED) is 0.844. The van der Waals surface area contributed by atoms with Crippen molar-refractivity contribution in [1.82, 2.24) is 5.32 Å². The molecular weight excluding hydrogens is 212 g/mol. The minimum atomic E-state index is -0.0435. The molecule has 0 atom stereocenters. The summed E-state index contributed by atoms with van der Waals surface area (Å²) < 4.78 is 0. The third kappa shape index (κ3) is 4.57. The van der Waals surface area contributed by atoms with E-state index in [0.29, 0.717) is 6.54 Å². The van der Waals surface area contributed by atoms with E-state index in [2.05, 4.69) is 10.6 Å². The fraction of sp³-hybridized carbons (Fsp3) is 0.500. The van der Waals surface area contributed by atoms with Crippen molar-refractivity contribution in [3.05, 3.63) is 29.3 Å². The van der Waals surface area contributed by atoms with Crippen LogP contribution in [0.3, 0.4) is 0 Å². The molecule has 2 N–H and O–H groups in total. The molecule has 0 radical (unpaired) electrons. The number of amides is 1. The summed E-state index contributed by atoms with van der Waals surface area (Å²) in [6.45, 7) is 10.5. The van der Waals surface area contributed by atoms with Gasteiger partial charge < -0.3 is 10.6 Å². The highest BCUT2D eigenvalue weighted by Crippen LogP contribution is 2.19. The molecule has 3 nitrogen and oxygen atoms in total. The van der Waals surface area contributed by atoms with E-state index in [9.17, 15) is 4.79 Å². The van der Waals surface area contributed by atoms with Crippen LogP contribution < -0.4 is 10.6 Å². The Morgan fingerprint density at radius 2 is 1.71 bits per heavy atom. The van der Waals surface area contributed by atoms with Gasteiger partial charge >= 0.3 is 0 Å². The number of rotatable bonds is 3. The molecule has 1 aromatic rings. The molecule has 0 bridgehead atoms. The first-order valence-electron chi connectivity index (χ1n) is 5.91. The molecule has 17 heavy (non-hydrogen) atoms. The number of carbonyl (C=O) groups excluding carboxylic acids is 1. The van der Waals surface area contributed by atoms with Gasteiger partial charge in [-0.05, 0) is 45.7 Å². The maximum atomic E-state index is 11.8. The maximum Gasteiger partial charge on any atom is 0.238 e. The predicted molar refractivity (Wildman–Crippen MR) is 72.3 cm³/mol. The zero-order chi connectivity index (χ0) is 13.1. The summed E-state index contributed by atoms with van der Waals surface area (Å²) in [5.74, 6) is -0.00248. The third-order valence-corrected chi connectivity index (χ3v) is 2.52. The molecule has 1 rings (SSSR count). The zero-order valence-electron chi connectivity index (χ0n) is 11.3. The van der Waals surface area contributed by atoms with Crippen molar-refractivity contribution in [3.63, 3.8) is 0 Å². The number of anilines is 1. The van der Waals surface area contributed by atoms with Crippen LogP contribution in [0.15, 0.2) is 18.2 Å². The molecule has 0 unspecified atom stereocenters. The summed E-state index contributed by atoms with van der Waals surface area (Å²) in [7, 11) is 0. The monoisotopic (exact) mass is 234 g/mol. The molecule has 0 saturated carbocycles. The number of hydrogen-bond donors (Lipinski definition) is 2. The van der Waals surface area contributed by atoms with Gasteiger partial charge in [0, 0.05) is 11.2 Å². The molecule has 0 spiro atoms. The van der Waals surface area contributed by atoms with Crippen LogP contribution in [0.2, 0.25) is 0 Å². The predicted octanol–water partition coefficient (Wildman–Crippen LogP) is 2.63. The Morgan fingerprint density at radius 1 is 1.18 bits per heavy atom. The van der Waals surface area contributed by atoms with Crippen LogP contribution in [-0.4, -0.2) is 18.0 Å². The molecule has 3 heteroatoms. The van der Waals surface area contributed by atoms with E-state index in [-0.39, 0.29) is 11.4 Å². The van der Waals surface area contributed by atoms with Gasteiger partial charge in [-0.3, -0.25) is 4.79 Å². The van der Waals surface area contributed by atoms with Crippen LogP contribution in [0.5, 0.6) is 0 Å². The number of carbonyl (C=O) groups is 1. The lowest BCUT2D eigenvalue weighted by molar-refractivity contribution is -0.115. The second-order valence-corrected chi connectivity index (χ2v) is 5.42. The Labute approximate surface area is 104 Å². The summed E-state index contributed by atoms with van der Waals surface area (Å²) >= 11 is 0. The van der Waals surface area contributed by atoms with Crippen LogP contribution >= 0.6 is 0 Å². The first kappa shape index (κ1) is 13.7. The first-order chi connectivity index (χ1) is 7.79. The topological polar surface area (TPSA) is 41.1 Å². The highest BCUT2D eigenvalue weighted by atomic mass is 16.1. The number of para-hydroxylation sites is 1. The molecule has 0 saturated heterocycles. The molecule has 94 valence electrons. The lowest BCUT2D eigenvalue weighted by Gasteiger charge is -2.20. The van der Waals surface area contributed by atoms with Crippen molar-refractivity contribution in [2.45, 2.75) is 40.2 Å². The van der Waals surface area contributed by atoms with Crippen molar-refractivity contribution in [3.8, 4) is 0 Å². The van der Waals surface area contributed by atoms with Crippen molar-refractivity contribution in [2.24, 2.45) is 0 Å². The molecule has 0 aromatic heterocycles. The number of hydrogen-bond acceptors (Lipinski definition) is 2. The number of benzene rings is 1. The lowest BCUT2D eigenvalue weighted by atomic mass is 10.1. The Hall–Kier alpha value is -1.35. The number of nitrogens with one attached hydrogen (secondary N) is 2. The van der Waals surface area contributed by atoms with Crippen LogP contribution in [-0.2, 0) is 4.79 Å². The fourth-order valence-electron chi connectivity index (χ4n) is 1.54. The van der Waals surface area contributed by atoms with Gasteiger partial charge in [0.15, 0.2) is 0 Å². The Bertz CT molecular complexity index is 385. The molecular formula is C14H22N2O. The molecule has 1 amide bonds. The Morgan fingerprint density at radius 3 is 2.18 bits per heavy atom. The largest absolute Gasteiger partial charge is 0.324 e. The second kappa shape index (κ2) is 5.32. The molecule has 0 aliphatic rings. The summed E-state index contributed by atoms with van der Waals surface area (Å²) in [4.78, 5) is 11.8. The van der Waals surface area contributed by atoms with Crippen LogP contribution in [0.4, 0.5) is 5.69 Å². The van der Waals surface area contributed by atoms with E-state index in [1.807, 2.05) is 52.8 Å². The van der Waals surface area contributed by atoms with Crippen LogP contribution in [0.25, 0.3) is 0 Å². The normalized spacial score (nSPS) is 11.4. The zero-order valence-corrected chi connectivity index (χ0v) is 11.3. The SMILES string of the molecule is Cc1cccc(C)c1NC(=O)CNC(C)(C)C. The molecule has 0 aliphatic heterocycles. The van der Waals surface area contributed by atoms with Crippen molar-refractivity contribution >= 4 is 11.6 Å². The van der Waals surface area contributed by atoms with Gasteiger partial charge in [0.1, 0.15) is 0 Å². The summed E-state index contributed by atoms with van der Waals surface area (Å²) in [6.07, 6.45) is 0. The average molecular weight is 234 g/mol. The maximum absolute atomic E-state index is 11.8. The van der Waals surface area contributed by atoms with Gasteiger partial charge in [0.25, 0.3) is 0 Å². The van der Waals surface area contributed by atoms with E-state index in [0.717, 1.165) is 16.8 Å². The van der Waals surface area contributed by atoms with Gasteiger partial charge in [-0.2, -0.15) is 0 Å². The highest BCUT2D eigenvalue weighted by Gasteiger charge is 2.12. The van der Waals surface area contributed by atoms with Gasteiger partial charge in [0.2, 0.25) is 5.91 Å². The second-order valence-electron chi connectivity index (χ2n) is 5.42. The van der Waals surface area contributed by atoms with E-state index < -0.39 is 0 Å². The fourth-order valence-corrected chi connectivity index (χ4v) is 1.54. The number of aryl methyl sites for hydroxylation is 2. The minimum absolute atomic E-state index is 0.00248. The standard InChI is InChI=1S/C14H22N2O/c1-10-7-6-8-11(2)13(10)16-12(17)9-15-14(3,4)5/h6-8,15H,9H2,1-5H3,(H,16,17). The average Bonchev–Trinajstić information content (AvgIpc) is 2.20. The van der Waals surface area contributed by atoms with Gasteiger partial charge in [0.05, 0.1) is 6.54 Å². The molecule has 0 fully saturated rings. The highest BCUT2D eigenvalue weighted by molar-refractivity contribution is 5.93. The first-order valence-corrected chi connectivity index (χ1v) is 5.91. The summed E-state index contributed by atoms with van der Waals surface area (Å²) in [5.41, 5.74) is 3.06. The smallest absolute Gasteiger partial charge is 0.238 e. The molecule has 0 aliphatic carbocycles. The molecule has 1 aromatic carbocycles.